The van der Waals surface area contributed by atoms with Gasteiger partial charge in [-0.2, -0.15) is 0 Å². The number of nitrogens with zero attached hydrogens (tertiary/aromatic N) is 3. The maximum Gasteiger partial charge on any atom is 0.273 e. The summed E-state index contributed by atoms with van der Waals surface area (Å²) >= 11 is 0. The molecular formula is C16H17N3O3. The average Bonchev–Trinajstić information content (AvgIpc) is 2.53. The molecule has 1 aromatic heterocycles. The molecule has 0 aliphatic carbocycles. The molecule has 0 unspecified atom stereocenters. The molecule has 1 heterocycles. The number of nitro benzene ring substituents is 1. The molecule has 0 bridgehead atoms. The summed E-state index contributed by atoms with van der Waals surface area (Å²) in [6, 6.07) is 10.2. The number of hydrogen-bond donors (Lipinski definition) is 0. The van der Waals surface area contributed by atoms with E-state index in [9.17, 15) is 14.9 Å². The standard InChI is InChI=1S/C16H17N3O3/c1-12-14(7-5-8-15(12)19(21)22)16(20)18(2)11-9-13-6-3-4-10-17-13/h3-8,10H,9,11H2,1-2H3. The van der Waals surface area contributed by atoms with Crippen molar-refractivity contribution in [1.82, 2.24) is 9.88 Å². The number of nitro groups is 1. The fraction of sp³-hybridized carbons (Fsp3) is 0.250. The minimum absolute atomic E-state index is 0.0380. The van der Waals surface area contributed by atoms with Crippen LogP contribution in [0.15, 0.2) is 42.6 Å². The monoisotopic (exact) mass is 299 g/mol. The third-order valence-electron chi connectivity index (χ3n) is 3.51. The zero-order valence-electron chi connectivity index (χ0n) is 12.5. The van der Waals surface area contributed by atoms with Crippen molar-refractivity contribution in [3.8, 4) is 0 Å². The van der Waals surface area contributed by atoms with E-state index in [1.165, 1.54) is 12.1 Å². The van der Waals surface area contributed by atoms with Gasteiger partial charge in [0, 0.05) is 49.1 Å². The third-order valence-corrected chi connectivity index (χ3v) is 3.51. The van der Waals surface area contributed by atoms with E-state index in [1.54, 1.807) is 31.1 Å². The lowest BCUT2D eigenvalue weighted by Crippen LogP contribution is -2.29. The van der Waals surface area contributed by atoms with Crippen molar-refractivity contribution in [1.29, 1.82) is 0 Å². The fourth-order valence-corrected chi connectivity index (χ4v) is 2.19. The van der Waals surface area contributed by atoms with Gasteiger partial charge in [0.25, 0.3) is 11.6 Å². The molecule has 0 N–H and O–H groups in total. The summed E-state index contributed by atoms with van der Waals surface area (Å²) < 4.78 is 0. The molecule has 0 aliphatic rings. The highest BCUT2D eigenvalue weighted by Crippen LogP contribution is 2.22. The number of pyridine rings is 1. The van der Waals surface area contributed by atoms with E-state index >= 15 is 0 Å². The van der Waals surface area contributed by atoms with Gasteiger partial charge in [-0.25, -0.2) is 0 Å². The highest BCUT2D eigenvalue weighted by molar-refractivity contribution is 5.96. The Labute approximate surface area is 128 Å². The van der Waals surface area contributed by atoms with Gasteiger partial charge in [0.05, 0.1) is 4.92 Å². The van der Waals surface area contributed by atoms with E-state index in [0.29, 0.717) is 24.1 Å². The second-order valence-corrected chi connectivity index (χ2v) is 5.00. The molecule has 0 spiro atoms. The van der Waals surface area contributed by atoms with Crippen LogP contribution >= 0.6 is 0 Å². The van der Waals surface area contributed by atoms with Crippen LogP contribution in [0, 0.1) is 17.0 Å². The predicted molar refractivity (Wildman–Crippen MR) is 82.7 cm³/mol. The average molecular weight is 299 g/mol. The second kappa shape index (κ2) is 6.80. The molecule has 114 valence electrons. The Bertz CT molecular complexity index is 686. The molecule has 0 saturated heterocycles. The number of carbonyl (C=O) groups is 1. The molecule has 2 aromatic rings. The lowest BCUT2D eigenvalue weighted by molar-refractivity contribution is -0.385. The number of likely N-dealkylation sites (N-methyl/N-ethyl adjacent to an activating group) is 1. The summed E-state index contributed by atoms with van der Waals surface area (Å²) in [5, 5.41) is 10.9. The first-order valence-electron chi connectivity index (χ1n) is 6.90. The Morgan fingerprint density at radius 1 is 1.27 bits per heavy atom. The number of rotatable bonds is 5. The van der Waals surface area contributed by atoms with Crippen LogP contribution in [0.4, 0.5) is 5.69 Å². The Balaban J connectivity index is 2.11. The number of benzene rings is 1. The number of amides is 1. The topological polar surface area (TPSA) is 76.3 Å². The summed E-state index contributed by atoms with van der Waals surface area (Å²) in [6.45, 7) is 2.09. The molecule has 0 fully saturated rings. The molecule has 6 heteroatoms. The Kier molecular flexibility index (Phi) is 4.83. The summed E-state index contributed by atoms with van der Waals surface area (Å²) in [7, 11) is 1.68. The Hall–Kier alpha value is -2.76. The summed E-state index contributed by atoms with van der Waals surface area (Å²) in [4.78, 5) is 28.7. The van der Waals surface area contributed by atoms with Gasteiger partial charge in [0.1, 0.15) is 0 Å². The van der Waals surface area contributed by atoms with Gasteiger partial charge in [0.2, 0.25) is 0 Å². The molecule has 0 atom stereocenters. The molecule has 6 nitrogen and oxygen atoms in total. The van der Waals surface area contributed by atoms with Crippen LogP contribution in [0.3, 0.4) is 0 Å². The smallest absolute Gasteiger partial charge is 0.273 e. The first kappa shape index (κ1) is 15.6. The maximum absolute atomic E-state index is 12.4. The van der Waals surface area contributed by atoms with Crippen LogP contribution in [-0.4, -0.2) is 34.3 Å². The van der Waals surface area contributed by atoms with Gasteiger partial charge in [0.15, 0.2) is 0 Å². The summed E-state index contributed by atoms with van der Waals surface area (Å²) in [5.74, 6) is -0.225. The third kappa shape index (κ3) is 3.46. The van der Waals surface area contributed by atoms with Crippen LogP contribution in [0.25, 0.3) is 0 Å². The lowest BCUT2D eigenvalue weighted by atomic mass is 10.1. The molecule has 2 rings (SSSR count). The second-order valence-electron chi connectivity index (χ2n) is 5.00. The normalized spacial score (nSPS) is 10.3. The van der Waals surface area contributed by atoms with Crippen molar-refractivity contribution in [3.05, 3.63) is 69.5 Å². The van der Waals surface area contributed by atoms with E-state index < -0.39 is 4.92 Å². The molecule has 0 radical (unpaired) electrons. The molecule has 1 amide bonds. The molecule has 0 saturated carbocycles. The van der Waals surface area contributed by atoms with Gasteiger partial charge < -0.3 is 4.90 Å². The van der Waals surface area contributed by atoms with Gasteiger partial charge in [-0.3, -0.25) is 19.9 Å². The molecule has 1 aromatic carbocycles. The highest BCUT2D eigenvalue weighted by Gasteiger charge is 2.20. The maximum atomic E-state index is 12.4. The van der Waals surface area contributed by atoms with Gasteiger partial charge in [-0.05, 0) is 25.1 Å². The summed E-state index contributed by atoms with van der Waals surface area (Å²) in [5.41, 5.74) is 1.61. The van der Waals surface area contributed by atoms with Crippen LogP contribution in [0.2, 0.25) is 0 Å². The SMILES string of the molecule is Cc1c(C(=O)N(C)CCc2ccccn2)cccc1[N+](=O)[O-]. The predicted octanol–water partition coefficient (Wildman–Crippen LogP) is 2.61. The lowest BCUT2D eigenvalue weighted by Gasteiger charge is -2.18. The largest absolute Gasteiger partial charge is 0.341 e. The van der Waals surface area contributed by atoms with E-state index in [4.69, 9.17) is 0 Å². The first-order chi connectivity index (χ1) is 10.5. The minimum Gasteiger partial charge on any atom is -0.341 e. The zero-order chi connectivity index (χ0) is 16.1. The highest BCUT2D eigenvalue weighted by atomic mass is 16.6. The van der Waals surface area contributed by atoms with Crippen molar-refractivity contribution in [2.45, 2.75) is 13.3 Å². The fourth-order valence-electron chi connectivity index (χ4n) is 2.19. The van der Waals surface area contributed by atoms with Crippen molar-refractivity contribution in [3.63, 3.8) is 0 Å². The van der Waals surface area contributed by atoms with Crippen molar-refractivity contribution >= 4 is 11.6 Å². The minimum atomic E-state index is -0.472. The van der Waals surface area contributed by atoms with Crippen molar-refractivity contribution in [2.24, 2.45) is 0 Å². The van der Waals surface area contributed by atoms with Crippen molar-refractivity contribution < 1.29 is 9.72 Å². The number of aromatic nitrogens is 1. The number of carbonyl (C=O) groups excluding carboxylic acids is 1. The van der Waals surface area contributed by atoms with E-state index in [-0.39, 0.29) is 11.6 Å². The Morgan fingerprint density at radius 3 is 2.68 bits per heavy atom. The van der Waals surface area contributed by atoms with Crippen LogP contribution in [0.1, 0.15) is 21.6 Å². The molecular weight excluding hydrogens is 282 g/mol. The first-order valence-corrected chi connectivity index (χ1v) is 6.90. The molecule has 0 aliphatic heterocycles. The van der Waals surface area contributed by atoms with Gasteiger partial charge in [-0.1, -0.05) is 12.1 Å². The van der Waals surface area contributed by atoms with Crippen molar-refractivity contribution in [2.75, 3.05) is 13.6 Å². The van der Waals surface area contributed by atoms with Gasteiger partial charge in [-0.15, -0.1) is 0 Å². The van der Waals surface area contributed by atoms with E-state index in [0.717, 1.165) is 5.69 Å². The van der Waals surface area contributed by atoms with E-state index in [2.05, 4.69) is 4.98 Å². The van der Waals surface area contributed by atoms with E-state index in [1.807, 2.05) is 18.2 Å². The van der Waals surface area contributed by atoms with Crippen LogP contribution in [-0.2, 0) is 6.42 Å². The molecule has 22 heavy (non-hydrogen) atoms. The quantitative estimate of drug-likeness (QED) is 0.628. The summed E-state index contributed by atoms with van der Waals surface area (Å²) in [6.07, 6.45) is 2.35. The van der Waals surface area contributed by atoms with Gasteiger partial charge >= 0.3 is 0 Å². The van der Waals surface area contributed by atoms with Crippen LogP contribution in [0.5, 0.6) is 0 Å². The Morgan fingerprint density at radius 2 is 2.05 bits per heavy atom. The zero-order valence-corrected chi connectivity index (χ0v) is 12.5. The van der Waals surface area contributed by atoms with Crippen LogP contribution < -0.4 is 0 Å². The number of hydrogen-bond acceptors (Lipinski definition) is 4.